The first-order chi connectivity index (χ1) is 17.8. The van der Waals surface area contributed by atoms with Gasteiger partial charge in [0.2, 0.25) is 0 Å². The van der Waals surface area contributed by atoms with Gasteiger partial charge in [-0.05, 0) is 93.7 Å². The highest BCUT2D eigenvalue weighted by atomic mass is 35.5. The molecule has 2 aliphatic rings. The van der Waals surface area contributed by atoms with Gasteiger partial charge in [-0.3, -0.25) is 9.79 Å². The second-order valence-electron chi connectivity index (χ2n) is 11.9. The number of amides is 1. The first-order valence-corrected chi connectivity index (χ1v) is 13.9. The molecule has 0 saturated heterocycles. The molecular weight excluding hydrogens is 519 g/mol. The summed E-state index contributed by atoms with van der Waals surface area (Å²) in [4.78, 5) is 33.0. The summed E-state index contributed by atoms with van der Waals surface area (Å²) in [7, 11) is 0. The molecule has 1 heterocycles. The third-order valence-electron chi connectivity index (χ3n) is 7.71. The Bertz CT molecular complexity index is 1270. The number of hydrogen-bond acceptors (Lipinski definition) is 3. The molecule has 4 rings (SSSR count). The topological polar surface area (TPSA) is 70.0 Å². The normalized spacial score (nSPS) is 20.6. The number of benzene rings is 2. The van der Waals surface area contributed by atoms with Crippen LogP contribution < -0.4 is 0 Å². The second kappa shape index (κ2) is 10.9. The van der Waals surface area contributed by atoms with Gasteiger partial charge in [0.15, 0.2) is 0 Å². The molecule has 38 heavy (non-hydrogen) atoms. The lowest BCUT2D eigenvalue weighted by Gasteiger charge is -2.45. The molecule has 1 atom stereocenters. The summed E-state index contributed by atoms with van der Waals surface area (Å²) >= 11 is 12.6. The molecule has 1 spiro atoms. The van der Waals surface area contributed by atoms with E-state index in [4.69, 9.17) is 28.2 Å². The minimum atomic E-state index is -0.971. The maximum absolute atomic E-state index is 14.3. The van der Waals surface area contributed by atoms with Gasteiger partial charge in [0.1, 0.15) is 11.4 Å². The van der Waals surface area contributed by atoms with E-state index in [1.807, 2.05) is 17.0 Å². The minimum absolute atomic E-state index is 0.0567. The van der Waals surface area contributed by atoms with E-state index >= 15 is 0 Å². The van der Waals surface area contributed by atoms with E-state index in [1.54, 1.807) is 30.3 Å². The van der Waals surface area contributed by atoms with Gasteiger partial charge < -0.3 is 10.0 Å². The van der Waals surface area contributed by atoms with Crippen LogP contribution in [0.25, 0.3) is 0 Å². The molecule has 0 unspecified atom stereocenters. The number of aliphatic imine (C=N–C) groups is 1. The fourth-order valence-corrected chi connectivity index (χ4v) is 6.12. The molecule has 1 aliphatic heterocycles. The van der Waals surface area contributed by atoms with Crippen molar-refractivity contribution in [2.45, 2.75) is 84.8 Å². The molecule has 0 bridgehead atoms. The molecule has 202 valence electrons. The molecule has 2 aromatic rings. The van der Waals surface area contributed by atoms with Crippen LogP contribution in [0.4, 0.5) is 0 Å². The highest BCUT2D eigenvalue weighted by Gasteiger charge is 2.51. The molecule has 1 fully saturated rings. The van der Waals surface area contributed by atoms with Crippen molar-refractivity contribution in [3.63, 3.8) is 0 Å². The third-order valence-corrected chi connectivity index (χ3v) is 8.15. The monoisotopic (exact) mass is 554 g/mol. The van der Waals surface area contributed by atoms with Crippen molar-refractivity contribution in [3.05, 3.63) is 80.3 Å². The van der Waals surface area contributed by atoms with Crippen LogP contribution in [-0.2, 0) is 4.79 Å². The van der Waals surface area contributed by atoms with Gasteiger partial charge in [0.05, 0.1) is 11.6 Å². The predicted molar refractivity (Wildman–Crippen MR) is 154 cm³/mol. The number of hydrogen-bond donors (Lipinski definition) is 1. The van der Waals surface area contributed by atoms with E-state index in [-0.39, 0.29) is 22.9 Å². The fourth-order valence-electron chi connectivity index (χ4n) is 5.59. The van der Waals surface area contributed by atoms with Gasteiger partial charge in [-0.25, -0.2) is 4.79 Å². The summed E-state index contributed by atoms with van der Waals surface area (Å²) in [5.41, 5.74) is 4.28. The number of rotatable bonds is 6. The van der Waals surface area contributed by atoms with E-state index < -0.39 is 11.6 Å². The summed E-state index contributed by atoms with van der Waals surface area (Å²) in [5.74, 6) is -1.10. The predicted octanol–water partition coefficient (Wildman–Crippen LogP) is 8.50. The average molecular weight is 556 g/mol. The van der Waals surface area contributed by atoms with Crippen LogP contribution in [0.2, 0.25) is 10.0 Å². The van der Waals surface area contributed by atoms with Crippen LogP contribution in [0.3, 0.4) is 0 Å². The Morgan fingerprint density at radius 1 is 1.05 bits per heavy atom. The Balaban J connectivity index is 1.83. The molecule has 2 aromatic carbocycles. The van der Waals surface area contributed by atoms with Gasteiger partial charge >= 0.3 is 5.97 Å². The van der Waals surface area contributed by atoms with Crippen molar-refractivity contribution in [3.8, 4) is 0 Å². The van der Waals surface area contributed by atoms with Crippen molar-refractivity contribution >= 4 is 40.8 Å². The summed E-state index contributed by atoms with van der Waals surface area (Å²) in [6, 6.07) is 11.8. The Kier molecular flexibility index (Phi) is 8.11. The maximum atomic E-state index is 14.3. The molecule has 0 aromatic heterocycles. The Hall–Kier alpha value is -2.63. The third kappa shape index (κ3) is 6.00. The molecule has 1 saturated carbocycles. The molecule has 5 nitrogen and oxygen atoms in total. The summed E-state index contributed by atoms with van der Waals surface area (Å²) in [6.07, 6.45) is 4.84. The lowest BCUT2D eigenvalue weighted by Crippen LogP contribution is -2.50. The highest BCUT2D eigenvalue weighted by molar-refractivity contribution is 6.47. The molecule has 1 N–H and O–H groups in total. The van der Waals surface area contributed by atoms with Gasteiger partial charge in [-0.1, -0.05) is 67.3 Å². The summed E-state index contributed by atoms with van der Waals surface area (Å²) in [6.45, 7) is 10.9. The number of carboxylic acid groups (broad SMARTS) is 1. The van der Waals surface area contributed by atoms with Crippen LogP contribution in [0.5, 0.6) is 0 Å². The zero-order valence-electron chi connectivity index (χ0n) is 22.8. The first kappa shape index (κ1) is 28.4. The SMILES string of the molecule is CC(C)=C1CCC2(CC1)N=C(c1cc(Cl)cc(Cl)c1)C(=O)N2[C@H](CCC(C)(C)C)c1ccc(C(=O)O)cc1. The van der Waals surface area contributed by atoms with Crippen molar-refractivity contribution < 1.29 is 14.7 Å². The Labute approximate surface area is 235 Å². The van der Waals surface area contributed by atoms with Crippen molar-refractivity contribution in [1.29, 1.82) is 0 Å². The van der Waals surface area contributed by atoms with Crippen molar-refractivity contribution in [1.82, 2.24) is 4.90 Å². The van der Waals surface area contributed by atoms with Crippen LogP contribution in [0.1, 0.15) is 101 Å². The molecule has 1 aliphatic carbocycles. The Morgan fingerprint density at radius 2 is 1.63 bits per heavy atom. The van der Waals surface area contributed by atoms with E-state index in [2.05, 4.69) is 34.6 Å². The highest BCUT2D eigenvalue weighted by Crippen LogP contribution is 2.48. The van der Waals surface area contributed by atoms with E-state index in [1.165, 1.54) is 11.1 Å². The smallest absolute Gasteiger partial charge is 0.335 e. The van der Waals surface area contributed by atoms with Crippen LogP contribution in [-0.4, -0.2) is 33.3 Å². The first-order valence-electron chi connectivity index (χ1n) is 13.2. The van der Waals surface area contributed by atoms with Crippen molar-refractivity contribution in [2.75, 3.05) is 0 Å². The standard InChI is InChI=1S/C31H36Cl2N2O3/c1-19(2)20-10-14-31(15-11-20)34-27(23-16-24(32)18-25(33)17-23)28(36)35(31)26(12-13-30(3,4)5)21-6-8-22(9-7-21)29(37)38/h6-9,16-18,26H,10-15H2,1-5H3,(H,37,38)/t26-/m1/s1. The zero-order valence-corrected chi connectivity index (χ0v) is 24.3. The zero-order chi connectivity index (χ0) is 27.8. The van der Waals surface area contributed by atoms with E-state index in [9.17, 15) is 14.7 Å². The van der Waals surface area contributed by atoms with Gasteiger partial charge in [-0.2, -0.15) is 0 Å². The number of allylic oxidation sites excluding steroid dienone is 2. The Morgan fingerprint density at radius 3 is 2.13 bits per heavy atom. The van der Waals surface area contributed by atoms with Crippen molar-refractivity contribution in [2.24, 2.45) is 10.4 Å². The second-order valence-corrected chi connectivity index (χ2v) is 12.8. The molecule has 7 heteroatoms. The number of nitrogens with zero attached hydrogens (tertiary/aromatic N) is 2. The summed E-state index contributed by atoms with van der Waals surface area (Å²) in [5, 5.41) is 10.4. The molecular formula is C31H36Cl2N2O3. The van der Waals surface area contributed by atoms with Gasteiger partial charge in [0, 0.05) is 15.6 Å². The van der Waals surface area contributed by atoms with Gasteiger partial charge in [-0.15, -0.1) is 0 Å². The number of carbonyl (C=O) groups excluding carboxylic acids is 1. The fraction of sp³-hybridized carbons (Fsp3) is 0.452. The van der Waals surface area contributed by atoms with E-state index in [0.29, 0.717) is 21.3 Å². The maximum Gasteiger partial charge on any atom is 0.335 e. The molecule has 0 radical (unpaired) electrons. The number of halogens is 2. The quantitative estimate of drug-likeness (QED) is 0.364. The minimum Gasteiger partial charge on any atom is -0.478 e. The van der Waals surface area contributed by atoms with E-state index in [0.717, 1.165) is 44.1 Å². The number of carboxylic acids is 1. The summed E-state index contributed by atoms with van der Waals surface area (Å²) < 4.78 is 0. The lowest BCUT2D eigenvalue weighted by atomic mass is 9.81. The van der Waals surface area contributed by atoms with Crippen LogP contribution >= 0.6 is 23.2 Å². The number of carbonyl (C=O) groups is 2. The average Bonchev–Trinajstić information content (AvgIpc) is 3.10. The molecule has 1 amide bonds. The largest absolute Gasteiger partial charge is 0.478 e. The van der Waals surface area contributed by atoms with Crippen LogP contribution in [0, 0.1) is 5.41 Å². The van der Waals surface area contributed by atoms with Crippen LogP contribution in [0.15, 0.2) is 58.6 Å². The lowest BCUT2D eigenvalue weighted by molar-refractivity contribution is -0.132. The van der Waals surface area contributed by atoms with Gasteiger partial charge in [0.25, 0.3) is 5.91 Å². The number of aromatic carboxylic acids is 1.